The molecule has 1 aliphatic rings. The molecule has 0 unspecified atom stereocenters. The number of amides is 1. The van der Waals surface area contributed by atoms with E-state index in [0.717, 1.165) is 12.8 Å². The minimum Gasteiger partial charge on any atom is -0.446 e. The first-order valence-electron chi connectivity index (χ1n) is 4.97. The second kappa shape index (κ2) is 5.80. The second-order valence-corrected chi connectivity index (χ2v) is 3.38. The fourth-order valence-corrected chi connectivity index (χ4v) is 1.55. The van der Waals surface area contributed by atoms with Gasteiger partial charge in [0.25, 0.3) is 0 Å². The number of carbonyl (C=O) groups excluding carboxylic acids is 1. The summed E-state index contributed by atoms with van der Waals surface area (Å²) in [5, 5.41) is 2.59. The molecule has 3 N–H and O–H groups in total. The maximum absolute atomic E-state index is 11.1. The Morgan fingerprint density at radius 3 is 2.69 bits per heavy atom. The number of rotatable bonds is 3. The molecule has 0 saturated heterocycles. The molecule has 4 heteroatoms. The van der Waals surface area contributed by atoms with E-state index in [0.29, 0.717) is 13.1 Å². The molecule has 1 fully saturated rings. The molecule has 76 valence electrons. The van der Waals surface area contributed by atoms with Crippen LogP contribution in [0.1, 0.15) is 32.1 Å². The van der Waals surface area contributed by atoms with Crippen LogP contribution in [0.3, 0.4) is 0 Å². The van der Waals surface area contributed by atoms with Gasteiger partial charge in [-0.05, 0) is 25.7 Å². The SMILES string of the molecule is NCCNC(=O)OC1CCCCC1. The van der Waals surface area contributed by atoms with Crippen LogP contribution in [0.4, 0.5) is 4.79 Å². The van der Waals surface area contributed by atoms with Gasteiger partial charge in [-0.1, -0.05) is 6.42 Å². The van der Waals surface area contributed by atoms with Crippen LogP contribution in [0.25, 0.3) is 0 Å². The van der Waals surface area contributed by atoms with Crippen molar-refractivity contribution in [1.29, 1.82) is 0 Å². The summed E-state index contributed by atoms with van der Waals surface area (Å²) in [5.41, 5.74) is 5.24. The van der Waals surface area contributed by atoms with Crippen molar-refractivity contribution in [3.05, 3.63) is 0 Å². The highest BCUT2D eigenvalue weighted by Gasteiger charge is 2.16. The van der Waals surface area contributed by atoms with E-state index in [4.69, 9.17) is 10.5 Å². The van der Waals surface area contributed by atoms with Gasteiger partial charge in [0.1, 0.15) is 6.10 Å². The van der Waals surface area contributed by atoms with Crippen molar-refractivity contribution in [2.75, 3.05) is 13.1 Å². The predicted octanol–water partition coefficient (Wildman–Crippen LogP) is 1.00. The van der Waals surface area contributed by atoms with Crippen LogP contribution in [0.5, 0.6) is 0 Å². The van der Waals surface area contributed by atoms with Gasteiger partial charge in [-0.25, -0.2) is 4.79 Å². The van der Waals surface area contributed by atoms with Crippen LogP contribution in [0.2, 0.25) is 0 Å². The average molecular weight is 186 g/mol. The molecule has 1 saturated carbocycles. The lowest BCUT2D eigenvalue weighted by atomic mass is 9.98. The van der Waals surface area contributed by atoms with Crippen molar-refractivity contribution >= 4 is 6.09 Å². The van der Waals surface area contributed by atoms with Gasteiger partial charge in [0.2, 0.25) is 0 Å². The molecule has 0 aliphatic heterocycles. The summed E-state index contributed by atoms with van der Waals surface area (Å²) >= 11 is 0. The van der Waals surface area contributed by atoms with Gasteiger partial charge in [0.05, 0.1) is 0 Å². The summed E-state index contributed by atoms with van der Waals surface area (Å²) in [4.78, 5) is 11.1. The summed E-state index contributed by atoms with van der Waals surface area (Å²) in [6.07, 6.45) is 5.45. The largest absolute Gasteiger partial charge is 0.446 e. The zero-order valence-corrected chi connectivity index (χ0v) is 7.92. The minimum atomic E-state index is -0.322. The van der Waals surface area contributed by atoms with Gasteiger partial charge >= 0.3 is 6.09 Å². The highest BCUT2D eigenvalue weighted by Crippen LogP contribution is 2.20. The molecule has 0 spiro atoms. The monoisotopic (exact) mass is 186 g/mol. The van der Waals surface area contributed by atoms with Crippen molar-refractivity contribution in [3.63, 3.8) is 0 Å². The number of nitrogens with one attached hydrogen (secondary N) is 1. The van der Waals surface area contributed by atoms with Crippen LogP contribution in [0, 0.1) is 0 Å². The maximum atomic E-state index is 11.1. The van der Waals surface area contributed by atoms with Gasteiger partial charge in [0.15, 0.2) is 0 Å². The third kappa shape index (κ3) is 4.12. The Labute approximate surface area is 78.8 Å². The van der Waals surface area contributed by atoms with Crippen molar-refractivity contribution < 1.29 is 9.53 Å². The van der Waals surface area contributed by atoms with Crippen LogP contribution < -0.4 is 11.1 Å². The lowest BCUT2D eigenvalue weighted by Crippen LogP contribution is -2.33. The summed E-state index contributed by atoms with van der Waals surface area (Å²) in [6.45, 7) is 0.950. The molecule has 0 heterocycles. The van der Waals surface area contributed by atoms with Gasteiger partial charge in [-0.2, -0.15) is 0 Å². The van der Waals surface area contributed by atoms with Crippen molar-refractivity contribution in [1.82, 2.24) is 5.32 Å². The molecule has 0 aromatic heterocycles. The van der Waals surface area contributed by atoms with Gasteiger partial charge in [-0.3, -0.25) is 0 Å². The Morgan fingerprint density at radius 2 is 2.08 bits per heavy atom. The highest BCUT2D eigenvalue weighted by atomic mass is 16.6. The Kier molecular flexibility index (Phi) is 4.60. The number of ether oxygens (including phenoxy) is 1. The number of carbonyl (C=O) groups is 1. The van der Waals surface area contributed by atoms with Gasteiger partial charge in [0, 0.05) is 13.1 Å². The van der Waals surface area contributed by atoms with E-state index in [1.807, 2.05) is 0 Å². The van der Waals surface area contributed by atoms with Crippen molar-refractivity contribution in [2.45, 2.75) is 38.2 Å². The number of hydrogen-bond acceptors (Lipinski definition) is 3. The Balaban J connectivity index is 2.11. The average Bonchev–Trinajstić information content (AvgIpc) is 2.16. The van der Waals surface area contributed by atoms with Crippen LogP contribution in [-0.2, 0) is 4.74 Å². The smallest absolute Gasteiger partial charge is 0.407 e. The summed E-state index contributed by atoms with van der Waals surface area (Å²) in [7, 11) is 0. The minimum absolute atomic E-state index is 0.131. The number of hydrogen-bond donors (Lipinski definition) is 2. The van der Waals surface area contributed by atoms with Gasteiger partial charge < -0.3 is 15.8 Å². The summed E-state index contributed by atoms with van der Waals surface area (Å²) in [5.74, 6) is 0. The van der Waals surface area contributed by atoms with Crippen LogP contribution in [-0.4, -0.2) is 25.3 Å². The normalized spacial score (nSPS) is 18.2. The first-order valence-corrected chi connectivity index (χ1v) is 4.97. The summed E-state index contributed by atoms with van der Waals surface area (Å²) in [6, 6.07) is 0. The standard InChI is InChI=1S/C9H18N2O2/c10-6-7-11-9(12)13-8-4-2-1-3-5-8/h8H,1-7,10H2,(H,11,12). The molecule has 1 amide bonds. The third-order valence-electron chi connectivity index (χ3n) is 2.24. The molecular weight excluding hydrogens is 168 g/mol. The fraction of sp³-hybridized carbons (Fsp3) is 0.889. The fourth-order valence-electron chi connectivity index (χ4n) is 1.55. The van der Waals surface area contributed by atoms with Crippen LogP contribution >= 0.6 is 0 Å². The van der Waals surface area contributed by atoms with E-state index in [1.54, 1.807) is 0 Å². The maximum Gasteiger partial charge on any atom is 0.407 e. The van der Waals surface area contributed by atoms with Crippen molar-refractivity contribution in [3.8, 4) is 0 Å². The Morgan fingerprint density at radius 1 is 1.38 bits per heavy atom. The first kappa shape index (κ1) is 10.3. The molecule has 0 atom stereocenters. The Hall–Kier alpha value is -0.770. The molecule has 13 heavy (non-hydrogen) atoms. The number of alkyl carbamates (subject to hydrolysis) is 1. The summed E-state index contributed by atoms with van der Waals surface area (Å²) < 4.78 is 5.19. The second-order valence-electron chi connectivity index (χ2n) is 3.38. The molecule has 0 bridgehead atoms. The Bertz CT molecular complexity index is 156. The molecular formula is C9H18N2O2. The zero-order valence-electron chi connectivity index (χ0n) is 7.92. The van der Waals surface area contributed by atoms with E-state index in [1.165, 1.54) is 19.3 Å². The molecule has 0 radical (unpaired) electrons. The van der Waals surface area contributed by atoms with Crippen molar-refractivity contribution in [2.24, 2.45) is 5.73 Å². The van der Waals surface area contributed by atoms with Gasteiger partial charge in [-0.15, -0.1) is 0 Å². The molecule has 0 aromatic rings. The molecule has 1 rings (SSSR count). The molecule has 4 nitrogen and oxygen atoms in total. The predicted molar refractivity (Wildman–Crippen MR) is 50.4 cm³/mol. The molecule has 0 aromatic carbocycles. The first-order chi connectivity index (χ1) is 6.33. The van der Waals surface area contributed by atoms with E-state index in [9.17, 15) is 4.79 Å². The van der Waals surface area contributed by atoms with E-state index in [2.05, 4.69) is 5.32 Å². The quantitative estimate of drug-likeness (QED) is 0.691. The third-order valence-corrected chi connectivity index (χ3v) is 2.24. The van der Waals surface area contributed by atoms with Crippen LogP contribution in [0.15, 0.2) is 0 Å². The van der Waals surface area contributed by atoms with E-state index >= 15 is 0 Å². The highest BCUT2D eigenvalue weighted by molar-refractivity contribution is 5.67. The number of nitrogens with two attached hydrogens (primary N) is 1. The van der Waals surface area contributed by atoms with E-state index in [-0.39, 0.29) is 12.2 Å². The zero-order chi connectivity index (χ0) is 9.52. The molecule has 1 aliphatic carbocycles. The lowest BCUT2D eigenvalue weighted by Gasteiger charge is -2.21. The van der Waals surface area contributed by atoms with E-state index < -0.39 is 0 Å². The topological polar surface area (TPSA) is 64.3 Å². The lowest BCUT2D eigenvalue weighted by molar-refractivity contribution is 0.0756.